The van der Waals surface area contributed by atoms with Crippen molar-refractivity contribution in [3.8, 4) is 11.6 Å². The molecule has 0 atom stereocenters. The summed E-state index contributed by atoms with van der Waals surface area (Å²) < 4.78 is 7.32. The molecule has 0 amide bonds. The molecule has 0 aliphatic rings. The highest BCUT2D eigenvalue weighted by atomic mass is 35.5. The third-order valence-corrected chi connectivity index (χ3v) is 2.46. The Kier molecular flexibility index (Phi) is 2.49. The van der Waals surface area contributed by atoms with Gasteiger partial charge in [-0.05, 0) is 0 Å². The molecule has 90 valence electrons. The second-order valence-electron chi connectivity index (χ2n) is 3.57. The summed E-state index contributed by atoms with van der Waals surface area (Å²) in [4.78, 5) is 12.2. The van der Waals surface area contributed by atoms with E-state index in [2.05, 4.69) is 15.0 Å². The van der Waals surface area contributed by atoms with Crippen molar-refractivity contribution < 1.29 is 4.74 Å². The number of nitrogens with two attached hydrogens (primary N) is 1. The van der Waals surface area contributed by atoms with Gasteiger partial charge < -0.3 is 10.5 Å². The van der Waals surface area contributed by atoms with Crippen LogP contribution in [0.25, 0.3) is 5.65 Å². The molecule has 0 unspecified atom stereocenters. The average molecular weight is 262 g/mol. The largest absolute Gasteiger partial charge is 0.434 e. The Labute approximate surface area is 107 Å². The molecule has 0 bridgehead atoms. The van der Waals surface area contributed by atoms with Crippen molar-refractivity contribution in [2.24, 2.45) is 0 Å². The lowest BCUT2D eigenvalue weighted by Crippen LogP contribution is -1.99. The number of anilines is 1. The maximum Gasteiger partial charge on any atom is 0.265 e. The number of nitrogen functional groups attached to an aromatic ring is 1. The van der Waals surface area contributed by atoms with Crippen LogP contribution in [0, 0.1) is 0 Å². The molecule has 18 heavy (non-hydrogen) atoms. The van der Waals surface area contributed by atoms with Crippen LogP contribution in [0.1, 0.15) is 0 Å². The van der Waals surface area contributed by atoms with Crippen molar-refractivity contribution in [1.29, 1.82) is 0 Å². The standard InChI is InChI=1S/C11H8ClN5O/c12-7-3-8(5-14-4-7)18-11-10-15-1-2-17(10)6-9(13)16-11/h1-6H,13H2. The molecule has 0 aliphatic carbocycles. The summed E-state index contributed by atoms with van der Waals surface area (Å²) in [5.74, 6) is 1.13. The molecule has 0 saturated carbocycles. The summed E-state index contributed by atoms with van der Waals surface area (Å²) in [6.07, 6.45) is 8.11. The lowest BCUT2D eigenvalue weighted by atomic mass is 10.4. The Morgan fingerprint density at radius 3 is 3.06 bits per heavy atom. The van der Waals surface area contributed by atoms with Gasteiger partial charge in [0.15, 0.2) is 0 Å². The third-order valence-electron chi connectivity index (χ3n) is 2.26. The van der Waals surface area contributed by atoms with E-state index in [-0.39, 0.29) is 0 Å². The van der Waals surface area contributed by atoms with Crippen LogP contribution >= 0.6 is 11.6 Å². The van der Waals surface area contributed by atoms with Gasteiger partial charge in [0.2, 0.25) is 5.65 Å². The highest BCUT2D eigenvalue weighted by Gasteiger charge is 2.09. The first kappa shape index (κ1) is 10.8. The molecule has 3 aromatic heterocycles. The number of rotatable bonds is 2. The average Bonchev–Trinajstić information content (AvgIpc) is 2.77. The van der Waals surface area contributed by atoms with E-state index >= 15 is 0 Å². The maximum absolute atomic E-state index is 5.83. The number of halogens is 1. The molecule has 7 heteroatoms. The minimum absolute atomic E-state index is 0.309. The molecular formula is C11H8ClN5O. The summed E-state index contributed by atoms with van der Waals surface area (Å²) >= 11 is 5.83. The molecule has 0 spiro atoms. The van der Waals surface area contributed by atoms with E-state index in [0.29, 0.717) is 28.1 Å². The zero-order valence-corrected chi connectivity index (χ0v) is 9.87. The zero-order chi connectivity index (χ0) is 12.5. The van der Waals surface area contributed by atoms with Gasteiger partial charge in [0.1, 0.15) is 11.6 Å². The van der Waals surface area contributed by atoms with Gasteiger partial charge in [-0.1, -0.05) is 11.6 Å². The summed E-state index contributed by atoms with van der Waals surface area (Å²) in [5.41, 5.74) is 6.26. The van der Waals surface area contributed by atoms with Crippen LogP contribution < -0.4 is 10.5 Å². The number of hydrogen-bond acceptors (Lipinski definition) is 5. The normalized spacial score (nSPS) is 10.7. The van der Waals surface area contributed by atoms with Crippen LogP contribution in [-0.2, 0) is 0 Å². The fraction of sp³-hybridized carbons (Fsp3) is 0. The highest BCUT2D eigenvalue weighted by Crippen LogP contribution is 2.25. The Morgan fingerprint density at radius 1 is 1.33 bits per heavy atom. The summed E-state index contributed by atoms with van der Waals surface area (Å²) in [5, 5.41) is 0.482. The lowest BCUT2D eigenvalue weighted by molar-refractivity contribution is 0.464. The number of hydrogen-bond donors (Lipinski definition) is 1. The van der Waals surface area contributed by atoms with Crippen molar-refractivity contribution in [2.45, 2.75) is 0 Å². The quantitative estimate of drug-likeness (QED) is 0.765. The molecular weight excluding hydrogens is 254 g/mol. The smallest absolute Gasteiger partial charge is 0.265 e. The summed E-state index contributed by atoms with van der Waals surface area (Å²) in [6.45, 7) is 0. The third kappa shape index (κ3) is 1.93. The van der Waals surface area contributed by atoms with Gasteiger partial charge in [0, 0.05) is 24.7 Å². The minimum Gasteiger partial charge on any atom is -0.434 e. The zero-order valence-electron chi connectivity index (χ0n) is 9.12. The molecule has 2 N–H and O–H groups in total. The molecule has 0 aromatic carbocycles. The molecule has 0 saturated heterocycles. The van der Waals surface area contributed by atoms with E-state index in [0.717, 1.165) is 0 Å². The van der Waals surface area contributed by atoms with Crippen LogP contribution in [0.2, 0.25) is 5.02 Å². The van der Waals surface area contributed by atoms with Crippen LogP contribution in [0.4, 0.5) is 5.82 Å². The van der Waals surface area contributed by atoms with Gasteiger partial charge in [-0.3, -0.25) is 9.38 Å². The number of aromatic nitrogens is 4. The predicted octanol–water partition coefficient (Wildman–Crippen LogP) is 2.15. The molecule has 3 rings (SSSR count). The number of pyridine rings is 1. The second kappa shape index (κ2) is 4.15. The monoisotopic (exact) mass is 261 g/mol. The highest BCUT2D eigenvalue weighted by molar-refractivity contribution is 6.30. The second-order valence-corrected chi connectivity index (χ2v) is 4.01. The van der Waals surface area contributed by atoms with Gasteiger partial charge in [0.05, 0.1) is 17.4 Å². The topological polar surface area (TPSA) is 78.3 Å². The van der Waals surface area contributed by atoms with E-state index in [1.165, 1.54) is 12.4 Å². The number of nitrogens with zero attached hydrogens (tertiary/aromatic N) is 4. The Hall–Kier alpha value is -2.34. The fourth-order valence-corrected chi connectivity index (χ4v) is 1.71. The number of imidazole rings is 1. The van der Waals surface area contributed by atoms with E-state index in [9.17, 15) is 0 Å². The van der Waals surface area contributed by atoms with Gasteiger partial charge >= 0.3 is 0 Å². The maximum atomic E-state index is 5.83. The van der Waals surface area contributed by atoms with Gasteiger partial charge in [-0.2, -0.15) is 4.98 Å². The van der Waals surface area contributed by atoms with Gasteiger partial charge in [-0.15, -0.1) is 0 Å². The van der Waals surface area contributed by atoms with Crippen molar-refractivity contribution in [2.75, 3.05) is 5.73 Å². The SMILES string of the molecule is Nc1cn2ccnc2c(Oc2cncc(Cl)c2)n1. The van der Waals surface area contributed by atoms with Crippen LogP contribution in [0.5, 0.6) is 11.6 Å². The first-order valence-corrected chi connectivity index (χ1v) is 5.48. The van der Waals surface area contributed by atoms with Crippen molar-refractivity contribution in [1.82, 2.24) is 19.4 Å². The molecule has 3 heterocycles. The first-order valence-electron chi connectivity index (χ1n) is 5.10. The Balaban J connectivity index is 2.06. The first-order chi connectivity index (χ1) is 8.72. The van der Waals surface area contributed by atoms with Crippen molar-refractivity contribution >= 4 is 23.1 Å². The summed E-state index contributed by atoms with van der Waals surface area (Å²) in [6, 6.07) is 1.64. The fourth-order valence-electron chi connectivity index (χ4n) is 1.55. The van der Waals surface area contributed by atoms with Gasteiger partial charge in [0.25, 0.3) is 5.88 Å². The molecule has 0 aliphatic heterocycles. The Bertz CT molecular complexity index is 711. The van der Waals surface area contributed by atoms with Crippen molar-refractivity contribution in [3.63, 3.8) is 0 Å². The molecule has 6 nitrogen and oxygen atoms in total. The van der Waals surface area contributed by atoms with E-state index in [4.69, 9.17) is 22.1 Å². The molecule has 0 fully saturated rings. The van der Waals surface area contributed by atoms with E-state index < -0.39 is 0 Å². The van der Waals surface area contributed by atoms with Crippen molar-refractivity contribution in [3.05, 3.63) is 42.1 Å². The Morgan fingerprint density at radius 2 is 2.22 bits per heavy atom. The predicted molar refractivity (Wildman–Crippen MR) is 66.7 cm³/mol. The number of fused-ring (bicyclic) bond motifs is 1. The van der Waals surface area contributed by atoms with E-state index in [1.807, 2.05) is 0 Å². The minimum atomic E-state index is 0.309. The van der Waals surface area contributed by atoms with Crippen LogP contribution in [-0.4, -0.2) is 19.4 Å². The van der Waals surface area contributed by atoms with Crippen LogP contribution in [0.3, 0.4) is 0 Å². The molecule has 3 aromatic rings. The van der Waals surface area contributed by atoms with Crippen LogP contribution in [0.15, 0.2) is 37.1 Å². The van der Waals surface area contributed by atoms with Gasteiger partial charge in [-0.25, -0.2) is 4.98 Å². The molecule has 0 radical (unpaired) electrons. The van der Waals surface area contributed by atoms with E-state index in [1.54, 1.807) is 29.1 Å². The summed E-state index contributed by atoms with van der Waals surface area (Å²) in [7, 11) is 0. The lowest BCUT2D eigenvalue weighted by Gasteiger charge is -2.06. The number of ether oxygens (including phenoxy) is 1.